The summed E-state index contributed by atoms with van der Waals surface area (Å²) in [5.41, 5.74) is 1.63. The van der Waals surface area contributed by atoms with Crippen molar-refractivity contribution in [3.63, 3.8) is 0 Å². The van der Waals surface area contributed by atoms with Crippen LogP contribution in [0.25, 0.3) is 0 Å². The molecule has 1 amide bonds. The van der Waals surface area contributed by atoms with E-state index < -0.39 is 0 Å². The van der Waals surface area contributed by atoms with E-state index in [4.69, 9.17) is 0 Å². The van der Waals surface area contributed by atoms with Gasteiger partial charge < -0.3 is 9.88 Å². The van der Waals surface area contributed by atoms with Gasteiger partial charge in [0.15, 0.2) is 0 Å². The number of rotatable bonds is 2. The molecule has 0 atom stereocenters. The van der Waals surface area contributed by atoms with Crippen molar-refractivity contribution in [1.29, 1.82) is 0 Å². The zero-order valence-corrected chi connectivity index (χ0v) is 10.3. The highest BCUT2D eigenvalue weighted by Crippen LogP contribution is 2.09. The number of benzene rings is 1. The molecule has 0 radical (unpaired) electrons. The maximum absolute atomic E-state index is 11.9. The number of amides is 1. The van der Waals surface area contributed by atoms with Gasteiger partial charge >= 0.3 is 0 Å². The molecule has 0 aliphatic carbocycles. The van der Waals surface area contributed by atoms with Gasteiger partial charge in [0.2, 0.25) is 0 Å². The summed E-state index contributed by atoms with van der Waals surface area (Å²) >= 11 is 0. The van der Waals surface area contributed by atoms with Gasteiger partial charge in [-0.05, 0) is 31.2 Å². The van der Waals surface area contributed by atoms with Crippen LogP contribution in [-0.2, 0) is 7.05 Å². The molecule has 4 nitrogen and oxygen atoms in total. The largest absolute Gasteiger partial charge is 0.322 e. The van der Waals surface area contributed by atoms with Crippen LogP contribution in [0.5, 0.6) is 0 Å². The third-order valence-corrected chi connectivity index (χ3v) is 2.68. The van der Waals surface area contributed by atoms with Crippen LogP contribution >= 0.6 is 0 Å². The van der Waals surface area contributed by atoms with Gasteiger partial charge in [-0.25, -0.2) is 0 Å². The second-order valence-electron chi connectivity index (χ2n) is 4.16. The first-order valence-electron chi connectivity index (χ1n) is 5.61. The standard InChI is InChI=1S/C14H14N2O2/c1-10-5-7-11(8-6-10)15-13(17)12-4-3-9-16(2)14(12)18/h3-9H,1-2H3,(H,15,17). The fourth-order valence-electron chi connectivity index (χ4n) is 1.61. The summed E-state index contributed by atoms with van der Waals surface area (Å²) in [6.45, 7) is 1.97. The van der Waals surface area contributed by atoms with Crippen molar-refractivity contribution in [2.45, 2.75) is 6.92 Å². The molecular weight excluding hydrogens is 228 g/mol. The highest BCUT2D eigenvalue weighted by Gasteiger charge is 2.10. The Morgan fingerprint density at radius 1 is 1.17 bits per heavy atom. The van der Waals surface area contributed by atoms with Gasteiger partial charge in [-0.2, -0.15) is 0 Å². The van der Waals surface area contributed by atoms with Gasteiger partial charge in [-0.3, -0.25) is 9.59 Å². The lowest BCUT2D eigenvalue weighted by molar-refractivity contribution is 0.102. The van der Waals surface area contributed by atoms with Crippen LogP contribution in [0.3, 0.4) is 0 Å². The average Bonchev–Trinajstić information content (AvgIpc) is 2.35. The molecular formula is C14H14N2O2. The number of hydrogen-bond donors (Lipinski definition) is 1. The van der Waals surface area contributed by atoms with Crippen molar-refractivity contribution in [3.05, 3.63) is 64.1 Å². The number of anilines is 1. The van der Waals surface area contributed by atoms with Crippen molar-refractivity contribution >= 4 is 11.6 Å². The normalized spacial score (nSPS) is 10.1. The second kappa shape index (κ2) is 4.87. The fourth-order valence-corrected chi connectivity index (χ4v) is 1.61. The summed E-state index contributed by atoms with van der Waals surface area (Å²) in [6, 6.07) is 10.6. The summed E-state index contributed by atoms with van der Waals surface area (Å²) in [6.07, 6.45) is 1.62. The Balaban J connectivity index is 2.25. The van der Waals surface area contributed by atoms with Gasteiger partial charge in [0, 0.05) is 18.9 Å². The average molecular weight is 242 g/mol. The van der Waals surface area contributed by atoms with E-state index in [1.807, 2.05) is 19.1 Å². The lowest BCUT2D eigenvalue weighted by atomic mass is 10.2. The van der Waals surface area contributed by atoms with E-state index in [1.165, 1.54) is 10.6 Å². The molecule has 2 rings (SSSR count). The molecule has 0 unspecified atom stereocenters. The summed E-state index contributed by atoms with van der Waals surface area (Å²) in [5, 5.41) is 2.70. The molecule has 0 saturated heterocycles. The summed E-state index contributed by atoms with van der Waals surface area (Å²) in [7, 11) is 1.62. The first-order chi connectivity index (χ1) is 8.58. The van der Waals surface area contributed by atoms with E-state index in [-0.39, 0.29) is 17.0 Å². The zero-order valence-electron chi connectivity index (χ0n) is 10.3. The first-order valence-corrected chi connectivity index (χ1v) is 5.61. The van der Waals surface area contributed by atoms with Gasteiger partial charge in [0.1, 0.15) is 5.56 Å². The molecule has 0 fully saturated rings. The van der Waals surface area contributed by atoms with E-state index in [0.29, 0.717) is 5.69 Å². The number of aryl methyl sites for hydroxylation is 2. The van der Waals surface area contributed by atoms with E-state index in [2.05, 4.69) is 5.32 Å². The Morgan fingerprint density at radius 2 is 1.83 bits per heavy atom. The molecule has 1 heterocycles. The van der Waals surface area contributed by atoms with Crippen molar-refractivity contribution in [2.24, 2.45) is 7.05 Å². The van der Waals surface area contributed by atoms with Crippen LogP contribution in [0.4, 0.5) is 5.69 Å². The van der Waals surface area contributed by atoms with Gasteiger partial charge in [0.05, 0.1) is 0 Å². The maximum Gasteiger partial charge on any atom is 0.263 e. The van der Waals surface area contributed by atoms with Crippen molar-refractivity contribution in [1.82, 2.24) is 4.57 Å². The van der Waals surface area contributed by atoms with Crippen LogP contribution < -0.4 is 10.9 Å². The van der Waals surface area contributed by atoms with Gasteiger partial charge in [0.25, 0.3) is 11.5 Å². The summed E-state index contributed by atoms with van der Waals surface area (Å²) in [5.74, 6) is -0.389. The van der Waals surface area contributed by atoms with Crippen LogP contribution in [0.1, 0.15) is 15.9 Å². The molecule has 4 heteroatoms. The molecule has 0 saturated carbocycles. The predicted octanol–water partition coefficient (Wildman–Crippen LogP) is 1.95. The summed E-state index contributed by atoms with van der Waals surface area (Å²) < 4.78 is 1.38. The van der Waals surface area contributed by atoms with Crippen LogP contribution in [0.15, 0.2) is 47.4 Å². The topological polar surface area (TPSA) is 51.1 Å². The third-order valence-electron chi connectivity index (χ3n) is 2.68. The Labute approximate surface area is 105 Å². The molecule has 1 aromatic carbocycles. The van der Waals surface area contributed by atoms with E-state index in [0.717, 1.165) is 5.56 Å². The number of carbonyl (C=O) groups excluding carboxylic acids is 1. The number of pyridine rings is 1. The molecule has 0 spiro atoms. The highest BCUT2D eigenvalue weighted by atomic mass is 16.2. The Bertz CT molecular complexity index is 627. The molecule has 0 aliphatic rings. The zero-order chi connectivity index (χ0) is 13.1. The van der Waals surface area contributed by atoms with Crippen molar-refractivity contribution in [2.75, 3.05) is 5.32 Å². The molecule has 2 aromatic rings. The Hall–Kier alpha value is -2.36. The van der Waals surface area contributed by atoms with Crippen molar-refractivity contribution in [3.8, 4) is 0 Å². The van der Waals surface area contributed by atoms with E-state index >= 15 is 0 Å². The second-order valence-corrected chi connectivity index (χ2v) is 4.16. The van der Waals surface area contributed by atoms with Gasteiger partial charge in [-0.1, -0.05) is 17.7 Å². The lowest BCUT2D eigenvalue weighted by Gasteiger charge is -2.06. The molecule has 0 aliphatic heterocycles. The molecule has 0 bridgehead atoms. The SMILES string of the molecule is Cc1ccc(NC(=O)c2cccn(C)c2=O)cc1. The molecule has 18 heavy (non-hydrogen) atoms. The summed E-state index contributed by atoms with van der Waals surface area (Å²) in [4.78, 5) is 23.7. The molecule has 1 aromatic heterocycles. The minimum atomic E-state index is -0.389. The van der Waals surface area contributed by atoms with Crippen LogP contribution in [-0.4, -0.2) is 10.5 Å². The lowest BCUT2D eigenvalue weighted by Crippen LogP contribution is -2.26. The van der Waals surface area contributed by atoms with Crippen molar-refractivity contribution < 1.29 is 4.79 Å². The predicted molar refractivity (Wildman–Crippen MR) is 70.8 cm³/mol. The van der Waals surface area contributed by atoms with E-state index in [9.17, 15) is 9.59 Å². The maximum atomic E-state index is 11.9. The van der Waals surface area contributed by atoms with Gasteiger partial charge in [-0.15, -0.1) is 0 Å². The van der Waals surface area contributed by atoms with Crippen LogP contribution in [0, 0.1) is 6.92 Å². The van der Waals surface area contributed by atoms with E-state index in [1.54, 1.807) is 31.4 Å². The van der Waals surface area contributed by atoms with Crippen LogP contribution in [0.2, 0.25) is 0 Å². The monoisotopic (exact) mass is 242 g/mol. The Morgan fingerprint density at radius 3 is 2.50 bits per heavy atom. The number of aromatic nitrogens is 1. The minimum Gasteiger partial charge on any atom is -0.322 e. The quantitative estimate of drug-likeness (QED) is 0.875. The third kappa shape index (κ3) is 2.48. The highest BCUT2D eigenvalue weighted by molar-refractivity contribution is 6.03. The smallest absolute Gasteiger partial charge is 0.263 e. The molecule has 1 N–H and O–H groups in total. The number of carbonyl (C=O) groups is 1. The Kier molecular flexibility index (Phi) is 3.28. The minimum absolute atomic E-state index is 0.139. The number of nitrogens with zero attached hydrogens (tertiary/aromatic N) is 1. The number of nitrogens with one attached hydrogen (secondary N) is 1. The first kappa shape index (κ1) is 12.1. The molecule has 92 valence electrons. The number of hydrogen-bond acceptors (Lipinski definition) is 2. The fraction of sp³-hybridized carbons (Fsp3) is 0.143.